The summed E-state index contributed by atoms with van der Waals surface area (Å²) in [6.45, 7) is 6.89. The van der Waals surface area contributed by atoms with E-state index in [1.54, 1.807) is 11.1 Å². The van der Waals surface area contributed by atoms with Gasteiger partial charge in [0.25, 0.3) is 5.91 Å². The van der Waals surface area contributed by atoms with Crippen LogP contribution >= 0.6 is 12.4 Å². The van der Waals surface area contributed by atoms with Crippen molar-refractivity contribution < 1.29 is 9.59 Å². The molecular formula is C25H32ClN5O2. The quantitative estimate of drug-likeness (QED) is 0.577. The summed E-state index contributed by atoms with van der Waals surface area (Å²) in [7, 11) is 3.68. The minimum atomic E-state index is -0.261. The first-order valence-corrected chi connectivity index (χ1v) is 11.0. The molecule has 0 aliphatic heterocycles. The lowest BCUT2D eigenvalue weighted by atomic mass is 9.85. The standard InChI is InChI=1S/C25H31N5O2.ClH/c1-25(2,3)17-10-11-18-16(13-17)9-12-21(18)28-24(32)27-20-7-6-8-22-19(20)14-26-30(22)23(31)15-29(4)5;/h6-8,10-11,13-14,21H,9,12,15H2,1-5H3,(H2,27,28,32);1H/t21-;/m1./s1. The fraction of sp³-hybridized carbons (Fsp3) is 0.400. The highest BCUT2D eigenvalue weighted by atomic mass is 35.5. The Morgan fingerprint density at radius 3 is 2.64 bits per heavy atom. The number of rotatable bonds is 4. The molecule has 2 aromatic carbocycles. The van der Waals surface area contributed by atoms with Gasteiger partial charge >= 0.3 is 6.03 Å². The fourth-order valence-corrected chi connectivity index (χ4v) is 4.25. The number of aromatic nitrogens is 2. The van der Waals surface area contributed by atoms with Crippen LogP contribution in [0.2, 0.25) is 0 Å². The second-order valence-corrected chi connectivity index (χ2v) is 9.78. The Morgan fingerprint density at radius 2 is 1.94 bits per heavy atom. The van der Waals surface area contributed by atoms with Gasteiger partial charge in [-0.1, -0.05) is 45.0 Å². The summed E-state index contributed by atoms with van der Waals surface area (Å²) < 4.78 is 1.39. The molecule has 2 N–H and O–H groups in total. The Hall–Kier alpha value is -2.90. The van der Waals surface area contributed by atoms with Gasteiger partial charge in [0, 0.05) is 5.39 Å². The van der Waals surface area contributed by atoms with Crippen molar-refractivity contribution in [3.8, 4) is 0 Å². The number of nitrogens with one attached hydrogen (secondary N) is 2. The minimum absolute atomic E-state index is 0. The maximum Gasteiger partial charge on any atom is 0.319 e. The Labute approximate surface area is 200 Å². The molecular weight excluding hydrogens is 438 g/mol. The lowest BCUT2D eigenvalue weighted by molar-refractivity contribution is 0.0866. The Balaban J connectivity index is 0.00000306. The first kappa shape index (κ1) is 24.7. The topological polar surface area (TPSA) is 79.3 Å². The fourth-order valence-electron chi connectivity index (χ4n) is 4.25. The molecule has 176 valence electrons. The van der Waals surface area contributed by atoms with Crippen LogP contribution < -0.4 is 10.6 Å². The van der Waals surface area contributed by atoms with Crippen molar-refractivity contribution in [2.24, 2.45) is 0 Å². The third kappa shape index (κ3) is 5.20. The molecule has 8 heteroatoms. The van der Waals surface area contributed by atoms with E-state index in [9.17, 15) is 9.59 Å². The van der Waals surface area contributed by atoms with Gasteiger partial charge in [-0.05, 0) is 61.2 Å². The minimum Gasteiger partial charge on any atom is -0.331 e. The molecule has 1 heterocycles. The van der Waals surface area contributed by atoms with E-state index in [-0.39, 0.29) is 42.3 Å². The number of anilines is 1. The number of likely N-dealkylation sites (N-methyl/N-ethyl adjacent to an activating group) is 1. The third-order valence-corrected chi connectivity index (χ3v) is 5.94. The predicted octanol–water partition coefficient (Wildman–Crippen LogP) is 4.77. The molecule has 2 amide bonds. The van der Waals surface area contributed by atoms with Crippen LogP contribution in [0.1, 0.15) is 54.7 Å². The van der Waals surface area contributed by atoms with Gasteiger partial charge in [-0.2, -0.15) is 9.78 Å². The molecule has 1 aliphatic carbocycles. The van der Waals surface area contributed by atoms with E-state index >= 15 is 0 Å². The highest BCUT2D eigenvalue weighted by Crippen LogP contribution is 2.34. The zero-order chi connectivity index (χ0) is 23.0. The lowest BCUT2D eigenvalue weighted by Crippen LogP contribution is -2.31. The second kappa shape index (κ2) is 9.53. The number of nitrogens with zero attached hydrogens (tertiary/aromatic N) is 3. The molecule has 7 nitrogen and oxygen atoms in total. The van der Waals surface area contributed by atoms with Gasteiger partial charge in [0.2, 0.25) is 0 Å². The van der Waals surface area contributed by atoms with Gasteiger partial charge in [0.05, 0.1) is 30.0 Å². The average molecular weight is 470 g/mol. The summed E-state index contributed by atoms with van der Waals surface area (Å²) in [5.41, 5.74) is 5.23. The molecule has 3 aromatic rings. The maximum atomic E-state index is 12.8. The monoisotopic (exact) mass is 469 g/mol. The van der Waals surface area contributed by atoms with Crippen LogP contribution in [-0.2, 0) is 11.8 Å². The molecule has 33 heavy (non-hydrogen) atoms. The van der Waals surface area contributed by atoms with E-state index in [2.05, 4.69) is 54.7 Å². The molecule has 0 saturated carbocycles. The average Bonchev–Trinajstić information content (AvgIpc) is 3.31. The smallest absolute Gasteiger partial charge is 0.319 e. The summed E-state index contributed by atoms with van der Waals surface area (Å²) >= 11 is 0. The first-order valence-electron chi connectivity index (χ1n) is 11.0. The lowest BCUT2D eigenvalue weighted by Gasteiger charge is -2.21. The summed E-state index contributed by atoms with van der Waals surface area (Å²) in [5.74, 6) is -0.121. The molecule has 1 aliphatic rings. The highest BCUT2D eigenvalue weighted by Gasteiger charge is 2.26. The van der Waals surface area contributed by atoms with E-state index in [0.717, 1.165) is 18.2 Å². The van der Waals surface area contributed by atoms with E-state index in [0.29, 0.717) is 11.2 Å². The molecule has 0 saturated heterocycles. The number of halogens is 1. The van der Waals surface area contributed by atoms with Crippen LogP contribution in [0.25, 0.3) is 10.9 Å². The third-order valence-electron chi connectivity index (χ3n) is 5.94. The number of amides is 2. The number of benzene rings is 2. The number of hydrogen-bond donors (Lipinski definition) is 2. The molecule has 0 radical (unpaired) electrons. The number of carbonyl (C=O) groups excluding carboxylic acids is 2. The van der Waals surface area contributed by atoms with Gasteiger partial charge in [0.1, 0.15) is 0 Å². The largest absolute Gasteiger partial charge is 0.331 e. The molecule has 1 aromatic heterocycles. The van der Waals surface area contributed by atoms with Crippen molar-refractivity contribution in [3.63, 3.8) is 0 Å². The van der Waals surface area contributed by atoms with Crippen molar-refractivity contribution in [1.82, 2.24) is 20.0 Å². The van der Waals surface area contributed by atoms with Crippen LogP contribution in [0, 0.1) is 0 Å². The van der Waals surface area contributed by atoms with E-state index < -0.39 is 0 Å². The van der Waals surface area contributed by atoms with E-state index in [1.807, 2.05) is 32.3 Å². The summed E-state index contributed by atoms with van der Waals surface area (Å²) in [4.78, 5) is 27.1. The number of fused-ring (bicyclic) bond motifs is 2. The van der Waals surface area contributed by atoms with Crippen molar-refractivity contribution in [2.75, 3.05) is 26.0 Å². The van der Waals surface area contributed by atoms with Gasteiger partial charge in [-0.25, -0.2) is 4.79 Å². The Kier molecular flexibility index (Phi) is 7.14. The maximum absolute atomic E-state index is 12.8. The first-order chi connectivity index (χ1) is 15.1. The Morgan fingerprint density at radius 1 is 1.18 bits per heavy atom. The second-order valence-electron chi connectivity index (χ2n) is 9.78. The zero-order valence-electron chi connectivity index (χ0n) is 19.8. The zero-order valence-corrected chi connectivity index (χ0v) is 20.6. The van der Waals surface area contributed by atoms with Crippen LogP contribution in [0.4, 0.5) is 10.5 Å². The number of aryl methyl sites for hydroxylation is 1. The van der Waals surface area contributed by atoms with Crippen molar-refractivity contribution >= 4 is 40.9 Å². The highest BCUT2D eigenvalue weighted by molar-refractivity contribution is 6.03. The summed E-state index contributed by atoms with van der Waals surface area (Å²) in [6.07, 6.45) is 3.47. The van der Waals surface area contributed by atoms with Crippen molar-refractivity contribution in [3.05, 3.63) is 59.3 Å². The van der Waals surface area contributed by atoms with Crippen LogP contribution in [0.3, 0.4) is 0 Å². The van der Waals surface area contributed by atoms with E-state index in [4.69, 9.17) is 0 Å². The molecule has 0 bridgehead atoms. The Bertz CT molecular complexity index is 1180. The van der Waals surface area contributed by atoms with Gasteiger partial charge in [0.15, 0.2) is 0 Å². The number of urea groups is 1. The van der Waals surface area contributed by atoms with E-state index in [1.165, 1.54) is 21.4 Å². The van der Waals surface area contributed by atoms with Crippen LogP contribution in [0.15, 0.2) is 42.6 Å². The van der Waals surface area contributed by atoms with Gasteiger partial charge in [-0.15, -0.1) is 12.4 Å². The summed E-state index contributed by atoms with van der Waals surface area (Å²) in [6, 6.07) is 11.8. The molecule has 1 atom stereocenters. The van der Waals surface area contributed by atoms with Crippen molar-refractivity contribution in [2.45, 2.75) is 45.1 Å². The summed E-state index contributed by atoms with van der Waals surface area (Å²) in [5, 5.41) is 11.0. The van der Waals surface area contributed by atoms with Crippen LogP contribution in [-0.4, -0.2) is 47.3 Å². The molecule has 0 spiro atoms. The predicted molar refractivity (Wildman–Crippen MR) is 135 cm³/mol. The molecule has 4 rings (SSSR count). The number of carbonyl (C=O) groups is 2. The van der Waals surface area contributed by atoms with Gasteiger partial charge in [-0.3, -0.25) is 4.79 Å². The molecule has 0 unspecified atom stereocenters. The van der Waals surface area contributed by atoms with Crippen molar-refractivity contribution in [1.29, 1.82) is 0 Å². The SMILES string of the molecule is CN(C)CC(=O)n1ncc2c(NC(=O)N[C@@H]3CCc4cc(C(C)(C)C)ccc43)cccc21.Cl. The number of hydrogen-bond acceptors (Lipinski definition) is 4. The normalized spacial score (nSPS) is 15.3. The van der Waals surface area contributed by atoms with Gasteiger partial charge < -0.3 is 15.5 Å². The van der Waals surface area contributed by atoms with Crippen LogP contribution in [0.5, 0.6) is 0 Å². The molecule has 0 fully saturated rings.